The highest BCUT2D eigenvalue weighted by atomic mass is 16.5. The minimum Gasteiger partial charge on any atom is -0.507 e. The summed E-state index contributed by atoms with van der Waals surface area (Å²) in [5.41, 5.74) is 1.05. The van der Waals surface area contributed by atoms with Crippen molar-refractivity contribution in [1.29, 1.82) is 0 Å². The monoisotopic (exact) mass is 269 g/mol. The van der Waals surface area contributed by atoms with Gasteiger partial charge in [0.2, 0.25) is 0 Å². The van der Waals surface area contributed by atoms with Crippen LogP contribution in [0.2, 0.25) is 0 Å². The van der Waals surface area contributed by atoms with Crippen LogP contribution in [0.5, 0.6) is 5.75 Å². The Kier molecular flexibility index (Phi) is 4.50. The van der Waals surface area contributed by atoms with Crippen LogP contribution in [0.3, 0.4) is 0 Å². The fraction of sp³-hybridized carbons (Fsp3) is 0.125. The third kappa shape index (κ3) is 3.45. The molecule has 4 heteroatoms. The van der Waals surface area contributed by atoms with E-state index in [1.165, 1.54) is 18.5 Å². The Bertz CT molecular complexity index is 603. The van der Waals surface area contributed by atoms with Crippen LogP contribution in [-0.2, 0) is 0 Å². The molecule has 1 heterocycles. The van der Waals surface area contributed by atoms with Crippen molar-refractivity contribution in [2.45, 2.75) is 6.92 Å². The zero-order valence-electron chi connectivity index (χ0n) is 11.1. The molecule has 0 saturated heterocycles. The van der Waals surface area contributed by atoms with Gasteiger partial charge in [-0.05, 0) is 43.3 Å². The highest BCUT2D eigenvalue weighted by molar-refractivity contribution is 6.07. The van der Waals surface area contributed by atoms with Crippen LogP contribution in [0.4, 0.5) is 0 Å². The van der Waals surface area contributed by atoms with Gasteiger partial charge in [-0.3, -0.25) is 9.78 Å². The summed E-state index contributed by atoms with van der Waals surface area (Å²) in [5.74, 6) is 0.387. The molecule has 2 rings (SSSR count). The average Bonchev–Trinajstić information content (AvgIpc) is 2.49. The molecule has 2 aromatic rings. The Morgan fingerprint density at radius 2 is 1.80 bits per heavy atom. The van der Waals surface area contributed by atoms with Crippen LogP contribution in [0.1, 0.15) is 22.8 Å². The number of ketones is 1. The molecular weight excluding hydrogens is 254 g/mol. The van der Waals surface area contributed by atoms with E-state index in [4.69, 9.17) is 4.74 Å². The Labute approximate surface area is 117 Å². The van der Waals surface area contributed by atoms with E-state index in [-0.39, 0.29) is 11.5 Å². The predicted octanol–water partition coefficient (Wildman–Crippen LogP) is 3.26. The first-order valence-electron chi connectivity index (χ1n) is 6.29. The summed E-state index contributed by atoms with van der Waals surface area (Å²) in [5, 5.41) is 9.96. The lowest BCUT2D eigenvalue weighted by Gasteiger charge is -2.04. The number of hydrogen-bond donors (Lipinski definition) is 1. The van der Waals surface area contributed by atoms with Gasteiger partial charge in [0.25, 0.3) is 0 Å². The van der Waals surface area contributed by atoms with Crippen LogP contribution < -0.4 is 4.74 Å². The molecule has 1 aromatic heterocycles. The van der Waals surface area contributed by atoms with Gasteiger partial charge in [-0.25, -0.2) is 0 Å². The fourth-order valence-corrected chi connectivity index (χ4v) is 1.70. The van der Waals surface area contributed by atoms with E-state index >= 15 is 0 Å². The summed E-state index contributed by atoms with van der Waals surface area (Å²) >= 11 is 0. The number of allylic oxidation sites excluding steroid dienone is 1. The number of aliphatic hydroxyl groups is 1. The molecule has 0 radical (unpaired) electrons. The first-order chi connectivity index (χ1) is 9.70. The minimum absolute atomic E-state index is 0.0742. The molecule has 0 saturated carbocycles. The number of nitrogens with zero attached hydrogens (tertiary/aromatic N) is 1. The third-order valence-corrected chi connectivity index (χ3v) is 2.69. The third-order valence-electron chi connectivity index (χ3n) is 2.69. The number of ether oxygens (including phenoxy) is 1. The van der Waals surface area contributed by atoms with Gasteiger partial charge in [0.1, 0.15) is 11.5 Å². The molecule has 0 aliphatic carbocycles. The van der Waals surface area contributed by atoms with Crippen LogP contribution in [0, 0.1) is 0 Å². The molecule has 0 fully saturated rings. The van der Waals surface area contributed by atoms with E-state index in [0.717, 1.165) is 5.75 Å². The summed E-state index contributed by atoms with van der Waals surface area (Å²) in [6, 6.07) is 10.1. The molecule has 0 atom stereocenters. The van der Waals surface area contributed by atoms with Crippen LogP contribution in [0.15, 0.2) is 54.9 Å². The zero-order valence-corrected chi connectivity index (χ0v) is 11.1. The van der Waals surface area contributed by atoms with E-state index in [0.29, 0.717) is 17.7 Å². The largest absolute Gasteiger partial charge is 0.507 e. The lowest BCUT2D eigenvalue weighted by atomic mass is 10.1. The highest BCUT2D eigenvalue weighted by Crippen LogP contribution is 2.17. The molecule has 20 heavy (non-hydrogen) atoms. The first-order valence-corrected chi connectivity index (χ1v) is 6.29. The molecular formula is C16H15NO3. The Hall–Kier alpha value is -2.62. The molecule has 0 aliphatic rings. The number of carbonyl (C=O) groups is 1. The lowest BCUT2D eigenvalue weighted by molar-refractivity contribution is 0.104. The second-order valence-corrected chi connectivity index (χ2v) is 4.09. The van der Waals surface area contributed by atoms with Crippen molar-refractivity contribution in [3.8, 4) is 5.75 Å². The summed E-state index contributed by atoms with van der Waals surface area (Å²) in [4.78, 5) is 15.8. The van der Waals surface area contributed by atoms with Crippen LogP contribution >= 0.6 is 0 Å². The fourth-order valence-electron chi connectivity index (χ4n) is 1.70. The maximum Gasteiger partial charge on any atom is 0.189 e. The van der Waals surface area contributed by atoms with Crippen molar-refractivity contribution in [2.24, 2.45) is 0 Å². The highest BCUT2D eigenvalue weighted by Gasteiger charge is 2.06. The molecule has 1 N–H and O–H groups in total. The van der Waals surface area contributed by atoms with E-state index in [1.807, 2.05) is 6.92 Å². The van der Waals surface area contributed by atoms with Gasteiger partial charge in [-0.15, -0.1) is 0 Å². The quantitative estimate of drug-likeness (QED) is 0.514. The topological polar surface area (TPSA) is 59.4 Å². The summed E-state index contributed by atoms with van der Waals surface area (Å²) in [7, 11) is 0. The van der Waals surface area contributed by atoms with Crippen molar-refractivity contribution < 1.29 is 14.6 Å². The molecule has 1 aromatic carbocycles. The first kappa shape index (κ1) is 13.8. The van der Waals surface area contributed by atoms with Gasteiger partial charge in [0, 0.05) is 29.6 Å². The molecule has 0 bridgehead atoms. The molecule has 0 unspecified atom stereocenters. The number of hydrogen-bond acceptors (Lipinski definition) is 4. The summed E-state index contributed by atoms with van der Waals surface area (Å²) in [6.45, 7) is 2.49. The second kappa shape index (κ2) is 6.52. The van der Waals surface area contributed by atoms with E-state index < -0.39 is 0 Å². The van der Waals surface area contributed by atoms with Gasteiger partial charge in [-0.1, -0.05) is 0 Å². The van der Waals surface area contributed by atoms with Crippen molar-refractivity contribution in [3.63, 3.8) is 0 Å². The van der Waals surface area contributed by atoms with Crippen LogP contribution in [-0.4, -0.2) is 22.5 Å². The van der Waals surface area contributed by atoms with Gasteiger partial charge in [-0.2, -0.15) is 0 Å². The molecule has 102 valence electrons. The maximum atomic E-state index is 11.9. The minimum atomic E-state index is -0.265. The number of rotatable bonds is 5. The Morgan fingerprint density at radius 1 is 1.15 bits per heavy atom. The van der Waals surface area contributed by atoms with Gasteiger partial charge in [0.05, 0.1) is 6.61 Å². The number of aromatic nitrogens is 1. The van der Waals surface area contributed by atoms with Crippen molar-refractivity contribution in [3.05, 3.63) is 66.0 Å². The standard InChI is InChI=1S/C16H15NO3/c1-2-20-14-5-3-12(4-6-14)15(18)11-16(19)13-7-9-17-10-8-13/h3-11,18H,2H2,1H3. The maximum absolute atomic E-state index is 11.9. The van der Waals surface area contributed by atoms with Crippen molar-refractivity contribution in [2.75, 3.05) is 6.61 Å². The SMILES string of the molecule is CCOc1ccc(C(O)=CC(=O)c2ccncc2)cc1. The number of benzene rings is 1. The van der Waals surface area contributed by atoms with Gasteiger partial charge >= 0.3 is 0 Å². The smallest absolute Gasteiger partial charge is 0.189 e. The summed E-state index contributed by atoms with van der Waals surface area (Å²) < 4.78 is 5.32. The Balaban J connectivity index is 2.16. The van der Waals surface area contributed by atoms with Gasteiger partial charge < -0.3 is 9.84 Å². The molecule has 0 amide bonds. The molecule has 0 aliphatic heterocycles. The number of carbonyl (C=O) groups excluding carboxylic acids is 1. The predicted molar refractivity (Wildman–Crippen MR) is 76.8 cm³/mol. The van der Waals surface area contributed by atoms with Crippen molar-refractivity contribution >= 4 is 11.5 Å². The number of aliphatic hydroxyl groups excluding tert-OH is 1. The van der Waals surface area contributed by atoms with Gasteiger partial charge in [0.15, 0.2) is 5.78 Å². The summed E-state index contributed by atoms with van der Waals surface area (Å²) in [6.07, 6.45) is 4.27. The zero-order chi connectivity index (χ0) is 14.4. The average molecular weight is 269 g/mol. The number of pyridine rings is 1. The normalized spacial score (nSPS) is 11.2. The molecule has 4 nitrogen and oxygen atoms in total. The van der Waals surface area contributed by atoms with E-state index in [2.05, 4.69) is 4.98 Å². The lowest BCUT2D eigenvalue weighted by Crippen LogP contribution is -1.97. The van der Waals surface area contributed by atoms with E-state index in [9.17, 15) is 9.90 Å². The Morgan fingerprint density at radius 3 is 2.40 bits per heavy atom. The van der Waals surface area contributed by atoms with Crippen molar-refractivity contribution in [1.82, 2.24) is 4.98 Å². The molecule has 0 spiro atoms. The van der Waals surface area contributed by atoms with Crippen LogP contribution in [0.25, 0.3) is 5.76 Å². The second-order valence-electron chi connectivity index (χ2n) is 4.09. The van der Waals surface area contributed by atoms with E-state index in [1.54, 1.807) is 36.4 Å².